The summed E-state index contributed by atoms with van der Waals surface area (Å²) in [5, 5.41) is 9.23. The highest BCUT2D eigenvalue weighted by Crippen LogP contribution is 2.31. The molecule has 7 nitrogen and oxygen atoms in total. The number of aromatic amines is 1. The van der Waals surface area contributed by atoms with Gasteiger partial charge in [-0.3, -0.25) is 4.98 Å². The summed E-state index contributed by atoms with van der Waals surface area (Å²) < 4.78 is 16.1. The number of para-hydroxylation sites is 1. The maximum absolute atomic E-state index is 13.7. The Morgan fingerprint density at radius 1 is 1.16 bits per heavy atom. The van der Waals surface area contributed by atoms with E-state index in [0.29, 0.717) is 23.0 Å². The summed E-state index contributed by atoms with van der Waals surface area (Å²) in [6.45, 7) is 0. The van der Waals surface area contributed by atoms with Gasteiger partial charge >= 0.3 is 0 Å². The van der Waals surface area contributed by atoms with Crippen LogP contribution in [-0.4, -0.2) is 35.6 Å². The van der Waals surface area contributed by atoms with E-state index < -0.39 is 5.82 Å². The SMILES string of the molecule is Fc1cncc(-c2nc(N[C@@H]3CCc4[nH]c5ccccc5c4C3)n3ncc(Br)c3n2)c1. The number of anilines is 1. The zero-order chi connectivity index (χ0) is 20.9. The third-order valence-corrected chi connectivity index (χ3v) is 6.28. The molecule has 0 radical (unpaired) electrons. The molecule has 0 saturated heterocycles. The lowest BCUT2D eigenvalue weighted by Crippen LogP contribution is -2.29. The number of rotatable bonds is 3. The van der Waals surface area contributed by atoms with E-state index in [1.165, 1.54) is 28.2 Å². The number of nitrogens with one attached hydrogen (secondary N) is 2. The van der Waals surface area contributed by atoms with Gasteiger partial charge in [0.1, 0.15) is 5.82 Å². The van der Waals surface area contributed by atoms with Gasteiger partial charge in [0.2, 0.25) is 5.95 Å². The average Bonchev–Trinajstić information content (AvgIpc) is 3.34. The van der Waals surface area contributed by atoms with Crippen LogP contribution in [0.15, 0.2) is 53.4 Å². The smallest absolute Gasteiger partial charge is 0.228 e. The molecule has 0 spiro atoms. The van der Waals surface area contributed by atoms with Crippen LogP contribution < -0.4 is 5.32 Å². The summed E-state index contributed by atoms with van der Waals surface area (Å²) in [6, 6.07) is 9.97. The van der Waals surface area contributed by atoms with Crippen molar-refractivity contribution in [3.63, 3.8) is 0 Å². The highest BCUT2D eigenvalue weighted by Gasteiger charge is 2.24. The first kappa shape index (κ1) is 18.4. The molecule has 31 heavy (non-hydrogen) atoms. The molecular weight excluding hydrogens is 461 g/mol. The van der Waals surface area contributed by atoms with Gasteiger partial charge in [-0.2, -0.15) is 14.6 Å². The molecule has 154 valence electrons. The van der Waals surface area contributed by atoms with Crippen LogP contribution in [0.5, 0.6) is 0 Å². The minimum Gasteiger partial charge on any atom is -0.358 e. The van der Waals surface area contributed by atoms with Gasteiger partial charge in [-0.1, -0.05) is 18.2 Å². The Kier molecular flexibility index (Phi) is 4.24. The second-order valence-electron chi connectivity index (χ2n) is 7.70. The van der Waals surface area contributed by atoms with E-state index in [1.54, 1.807) is 16.9 Å². The zero-order valence-electron chi connectivity index (χ0n) is 16.3. The lowest BCUT2D eigenvalue weighted by Gasteiger charge is -2.24. The average molecular weight is 478 g/mol. The molecule has 0 unspecified atom stereocenters. The number of hydrogen-bond donors (Lipinski definition) is 2. The molecule has 1 aliphatic carbocycles. The van der Waals surface area contributed by atoms with Crippen LogP contribution in [0, 0.1) is 5.82 Å². The normalized spacial score (nSPS) is 16.0. The van der Waals surface area contributed by atoms with Crippen molar-refractivity contribution in [1.29, 1.82) is 0 Å². The Hall–Kier alpha value is -3.33. The number of benzene rings is 1. The molecule has 0 bridgehead atoms. The molecule has 1 aromatic carbocycles. The summed E-state index contributed by atoms with van der Waals surface area (Å²) >= 11 is 3.50. The monoisotopic (exact) mass is 477 g/mol. The molecule has 9 heteroatoms. The second kappa shape index (κ2) is 7.12. The van der Waals surface area contributed by atoms with E-state index in [2.05, 4.69) is 70.5 Å². The van der Waals surface area contributed by atoms with Gasteiger partial charge in [-0.15, -0.1) is 0 Å². The number of H-pyrrole nitrogens is 1. The fourth-order valence-corrected chi connectivity index (χ4v) is 4.63. The number of hydrogen-bond acceptors (Lipinski definition) is 5. The molecule has 0 fully saturated rings. The number of fused-ring (bicyclic) bond motifs is 4. The van der Waals surface area contributed by atoms with Crippen molar-refractivity contribution in [2.24, 2.45) is 0 Å². The van der Waals surface area contributed by atoms with E-state index in [-0.39, 0.29) is 6.04 Å². The fraction of sp³-hybridized carbons (Fsp3) is 0.182. The number of aromatic nitrogens is 6. The molecule has 1 atom stereocenters. The Labute approximate surface area is 184 Å². The van der Waals surface area contributed by atoms with Crippen molar-refractivity contribution in [1.82, 2.24) is 29.5 Å². The van der Waals surface area contributed by atoms with E-state index in [4.69, 9.17) is 0 Å². The van der Waals surface area contributed by atoms with Crippen molar-refractivity contribution < 1.29 is 4.39 Å². The molecule has 4 heterocycles. The van der Waals surface area contributed by atoms with Crippen LogP contribution in [0.2, 0.25) is 0 Å². The predicted octanol–water partition coefficient (Wildman–Crippen LogP) is 4.54. The number of halogens is 2. The highest BCUT2D eigenvalue weighted by atomic mass is 79.9. The third kappa shape index (κ3) is 3.16. The number of aryl methyl sites for hydroxylation is 1. The van der Waals surface area contributed by atoms with Crippen LogP contribution in [0.25, 0.3) is 27.9 Å². The minimum absolute atomic E-state index is 0.186. The summed E-state index contributed by atoms with van der Waals surface area (Å²) in [5.74, 6) is 0.539. The number of nitrogens with zero attached hydrogens (tertiary/aromatic N) is 5. The fourth-order valence-electron chi connectivity index (χ4n) is 4.28. The predicted molar refractivity (Wildman–Crippen MR) is 119 cm³/mol. The van der Waals surface area contributed by atoms with Crippen LogP contribution in [0.4, 0.5) is 10.3 Å². The van der Waals surface area contributed by atoms with Gasteiger partial charge in [-0.25, -0.2) is 9.37 Å². The van der Waals surface area contributed by atoms with E-state index >= 15 is 0 Å². The topological polar surface area (TPSA) is 83.8 Å². The first-order valence-electron chi connectivity index (χ1n) is 10.0. The number of pyridine rings is 1. The third-order valence-electron chi connectivity index (χ3n) is 5.72. The van der Waals surface area contributed by atoms with Crippen LogP contribution in [-0.2, 0) is 12.8 Å². The molecule has 4 aromatic heterocycles. The minimum atomic E-state index is -0.429. The molecule has 0 amide bonds. The molecular formula is C22H17BrFN7. The molecule has 5 aromatic rings. The van der Waals surface area contributed by atoms with Crippen LogP contribution >= 0.6 is 15.9 Å². The van der Waals surface area contributed by atoms with Crippen LogP contribution in [0.1, 0.15) is 17.7 Å². The molecule has 0 saturated carbocycles. The van der Waals surface area contributed by atoms with Gasteiger partial charge in [0.25, 0.3) is 0 Å². The van der Waals surface area contributed by atoms with E-state index in [0.717, 1.165) is 29.9 Å². The Bertz CT molecular complexity index is 1440. The van der Waals surface area contributed by atoms with Crippen molar-refractivity contribution >= 4 is 38.4 Å². The second-order valence-corrected chi connectivity index (χ2v) is 8.56. The summed E-state index contributed by atoms with van der Waals surface area (Å²) in [5.41, 5.74) is 4.96. The Morgan fingerprint density at radius 2 is 2.06 bits per heavy atom. The zero-order valence-corrected chi connectivity index (χ0v) is 17.9. The van der Waals surface area contributed by atoms with Gasteiger partial charge in [0, 0.05) is 34.4 Å². The van der Waals surface area contributed by atoms with Crippen molar-refractivity contribution in [2.75, 3.05) is 5.32 Å². The van der Waals surface area contributed by atoms with Crippen molar-refractivity contribution in [2.45, 2.75) is 25.3 Å². The maximum Gasteiger partial charge on any atom is 0.228 e. The largest absolute Gasteiger partial charge is 0.358 e. The molecule has 6 rings (SSSR count). The molecule has 2 N–H and O–H groups in total. The summed E-state index contributed by atoms with van der Waals surface area (Å²) in [4.78, 5) is 16.7. The van der Waals surface area contributed by atoms with Gasteiger partial charge in [0.15, 0.2) is 11.5 Å². The van der Waals surface area contributed by atoms with E-state index in [9.17, 15) is 4.39 Å². The first-order valence-corrected chi connectivity index (χ1v) is 10.8. The van der Waals surface area contributed by atoms with Crippen molar-refractivity contribution in [3.8, 4) is 11.4 Å². The van der Waals surface area contributed by atoms with Gasteiger partial charge < -0.3 is 10.3 Å². The van der Waals surface area contributed by atoms with E-state index in [1.807, 2.05) is 0 Å². The lowest BCUT2D eigenvalue weighted by atomic mass is 9.91. The first-order chi connectivity index (χ1) is 15.2. The lowest BCUT2D eigenvalue weighted by molar-refractivity contribution is 0.599. The Balaban J connectivity index is 1.39. The standard InChI is InChI=1S/C22H17BrFN7/c23-17-11-26-31-21(17)29-20(12-7-13(24)10-25-9-12)30-22(31)27-14-5-6-19-16(8-14)15-3-1-2-4-18(15)28-19/h1-4,7,9-11,14,28H,5-6,8H2,(H,27,29,30)/t14-/m1/s1. The highest BCUT2D eigenvalue weighted by molar-refractivity contribution is 9.10. The maximum atomic E-state index is 13.7. The Morgan fingerprint density at radius 3 is 2.97 bits per heavy atom. The van der Waals surface area contributed by atoms with Gasteiger partial charge in [-0.05, 0) is 52.9 Å². The summed E-state index contributed by atoms with van der Waals surface area (Å²) in [6.07, 6.45) is 7.20. The summed E-state index contributed by atoms with van der Waals surface area (Å²) in [7, 11) is 0. The van der Waals surface area contributed by atoms with Crippen LogP contribution in [0.3, 0.4) is 0 Å². The van der Waals surface area contributed by atoms with Gasteiger partial charge in [0.05, 0.1) is 16.9 Å². The molecule has 0 aliphatic heterocycles. The molecule has 1 aliphatic rings. The quantitative estimate of drug-likeness (QED) is 0.398. The van der Waals surface area contributed by atoms with Crippen molar-refractivity contribution in [3.05, 3.63) is 70.5 Å².